The molecule has 1 amide bonds. The molecule has 1 heterocycles. The molecule has 0 radical (unpaired) electrons. The van der Waals surface area contributed by atoms with E-state index in [1.165, 1.54) is 0 Å². The molecule has 2 N–H and O–H groups in total. The third kappa shape index (κ3) is 5.02. The zero-order valence-electron chi connectivity index (χ0n) is 16.1. The van der Waals surface area contributed by atoms with E-state index in [9.17, 15) is 9.90 Å². The molecule has 6 nitrogen and oxygen atoms in total. The Morgan fingerprint density at radius 2 is 2.07 bits per heavy atom. The molecule has 2 unspecified atom stereocenters. The Morgan fingerprint density at radius 1 is 1.28 bits per heavy atom. The van der Waals surface area contributed by atoms with Crippen molar-refractivity contribution >= 4 is 23.2 Å². The summed E-state index contributed by atoms with van der Waals surface area (Å²) in [7, 11) is 0. The molecule has 148 valence electrons. The largest absolute Gasteiger partial charge is 0.389 e. The van der Waals surface area contributed by atoms with Gasteiger partial charge in [-0.15, -0.1) is 0 Å². The van der Waals surface area contributed by atoms with Crippen LogP contribution in [0.1, 0.15) is 31.1 Å². The van der Waals surface area contributed by atoms with Gasteiger partial charge in [0.25, 0.3) is 0 Å². The van der Waals surface area contributed by atoms with Gasteiger partial charge in [0.2, 0.25) is 5.91 Å². The molecule has 7 heteroatoms. The highest BCUT2D eigenvalue weighted by molar-refractivity contribution is 6.32. The summed E-state index contributed by atoms with van der Waals surface area (Å²) in [5.74, 6) is -0.450. The van der Waals surface area contributed by atoms with Gasteiger partial charge in [-0.1, -0.05) is 36.7 Å². The number of aliphatic hydroxyl groups excluding tert-OH is 1. The number of hydrogen-bond acceptors (Lipinski definition) is 4. The number of rotatable bonds is 6. The van der Waals surface area contributed by atoms with Crippen LogP contribution in [0.25, 0.3) is 11.3 Å². The van der Waals surface area contributed by atoms with Crippen LogP contribution in [0.3, 0.4) is 0 Å². The quantitative estimate of drug-likeness (QED) is 0.632. The number of aromatic nitrogens is 2. The van der Waals surface area contributed by atoms with Crippen LogP contribution in [0.4, 0.5) is 5.69 Å². The number of nitrogens with one attached hydrogen (secondary N) is 1. The Hall–Kier alpha value is -3.14. The van der Waals surface area contributed by atoms with Crippen LogP contribution >= 0.6 is 11.6 Å². The minimum Gasteiger partial charge on any atom is -0.389 e. The lowest BCUT2D eigenvalue weighted by atomic mass is 10.1. The van der Waals surface area contributed by atoms with Gasteiger partial charge in [0, 0.05) is 17.4 Å². The first-order valence-electron chi connectivity index (χ1n) is 9.19. The first kappa shape index (κ1) is 20.6. The molecule has 0 saturated carbocycles. The summed E-state index contributed by atoms with van der Waals surface area (Å²) in [4.78, 5) is 12.5. The van der Waals surface area contributed by atoms with Gasteiger partial charge in [-0.3, -0.25) is 9.48 Å². The molecule has 3 rings (SSSR count). The van der Waals surface area contributed by atoms with Crippen LogP contribution < -0.4 is 5.32 Å². The van der Waals surface area contributed by atoms with Crippen LogP contribution in [0.5, 0.6) is 0 Å². The average Bonchev–Trinajstić information content (AvgIpc) is 3.16. The highest BCUT2D eigenvalue weighted by Crippen LogP contribution is 2.24. The SMILES string of the molecule is CC(Cn1ccc(-c2ccc(C#N)c(Cl)c2)n1)C(=O)Nc1cccc(C(C)O)c1. The van der Waals surface area contributed by atoms with Crippen molar-refractivity contribution in [3.63, 3.8) is 0 Å². The zero-order valence-corrected chi connectivity index (χ0v) is 16.9. The van der Waals surface area contributed by atoms with Crippen LogP contribution in [-0.4, -0.2) is 20.8 Å². The molecule has 0 fully saturated rings. The molecule has 0 aliphatic carbocycles. The first-order chi connectivity index (χ1) is 13.9. The Labute approximate surface area is 174 Å². The molecule has 2 aromatic carbocycles. The molecular formula is C22H21ClN4O2. The van der Waals surface area contributed by atoms with Gasteiger partial charge in [-0.2, -0.15) is 10.4 Å². The minimum atomic E-state index is -0.595. The van der Waals surface area contributed by atoms with Crippen molar-refractivity contribution in [1.29, 1.82) is 5.26 Å². The van der Waals surface area contributed by atoms with E-state index >= 15 is 0 Å². The Morgan fingerprint density at radius 3 is 2.76 bits per heavy atom. The normalized spacial score (nSPS) is 12.8. The Balaban J connectivity index is 1.66. The van der Waals surface area contributed by atoms with Gasteiger partial charge in [-0.05, 0) is 42.8 Å². The average molecular weight is 409 g/mol. The van der Waals surface area contributed by atoms with Crippen molar-refractivity contribution in [2.24, 2.45) is 5.92 Å². The molecule has 1 aromatic heterocycles. The van der Waals surface area contributed by atoms with Gasteiger partial charge >= 0.3 is 0 Å². The van der Waals surface area contributed by atoms with Crippen LogP contribution in [0, 0.1) is 17.2 Å². The summed E-state index contributed by atoms with van der Waals surface area (Å²) >= 11 is 6.09. The predicted octanol–water partition coefficient (Wildman–Crippen LogP) is 4.40. The van der Waals surface area contributed by atoms with Crippen molar-refractivity contribution < 1.29 is 9.90 Å². The fraction of sp³-hybridized carbons (Fsp3) is 0.227. The molecule has 0 aliphatic heterocycles. The highest BCUT2D eigenvalue weighted by atomic mass is 35.5. The number of aliphatic hydroxyl groups is 1. The maximum Gasteiger partial charge on any atom is 0.229 e. The summed E-state index contributed by atoms with van der Waals surface area (Å²) < 4.78 is 1.71. The standard InChI is InChI=1S/C22H21ClN4O2/c1-14(22(29)25-19-5-3-4-16(10-19)15(2)28)13-27-9-8-21(26-27)17-6-7-18(12-24)20(23)11-17/h3-11,14-15,28H,13H2,1-2H3,(H,25,29). The lowest BCUT2D eigenvalue weighted by molar-refractivity contribution is -0.119. The fourth-order valence-corrected chi connectivity index (χ4v) is 3.11. The van der Waals surface area contributed by atoms with Crippen molar-refractivity contribution in [1.82, 2.24) is 9.78 Å². The first-order valence-corrected chi connectivity index (χ1v) is 9.57. The van der Waals surface area contributed by atoms with Crippen molar-refractivity contribution in [3.05, 3.63) is 70.9 Å². The van der Waals surface area contributed by atoms with E-state index in [0.717, 1.165) is 11.1 Å². The van der Waals surface area contributed by atoms with E-state index < -0.39 is 6.10 Å². The second-order valence-electron chi connectivity index (χ2n) is 6.92. The number of benzene rings is 2. The van der Waals surface area contributed by atoms with Gasteiger partial charge < -0.3 is 10.4 Å². The number of carbonyl (C=O) groups excluding carboxylic acids is 1. The molecular weight excluding hydrogens is 388 g/mol. The summed E-state index contributed by atoms with van der Waals surface area (Å²) in [5.41, 5.74) is 3.33. The van der Waals surface area contributed by atoms with E-state index in [1.54, 1.807) is 54.2 Å². The van der Waals surface area contributed by atoms with Gasteiger partial charge in [-0.25, -0.2) is 0 Å². The Kier molecular flexibility index (Phi) is 6.32. The van der Waals surface area contributed by atoms with Crippen molar-refractivity contribution in [2.75, 3.05) is 5.32 Å². The molecule has 29 heavy (non-hydrogen) atoms. The van der Waals surface area contributed by atoms with E-state index in [-0.39, 0.29) is 11.8 Å². The maximum atomic E-state index is 12.5. The topological polar surface area (TPSA) is 90.9 Å². The number of halogens is 1. The van der Waals surface area contributed by atoms with E-state index in [0.29, 0.717) is 28.5 Å². The number of carbonyl (C=O) groups is 1. The van der Waals surface area contributed by atoms with Crippen LogP contribution in [0.2, 0.25) is 5.02 Å². The number of hydrogen-bond donors (Lipinski definition) is 2. The predicted molar refractivity (Wildman–Crippen MR) is 112 cm³/mol. The summed E-state index contributed by atoms with van der Waals surface area (Å²) in [6.45, 7) is 3.92. The summed E-state index contributed by atoms with van der Waals surface area (Å²) in [6.07, 6.45) is 1.21. The van der Waals surface area contributed by atoms with Gasteiger partial charge in [0.1, 0.15) is 6.07 Å². The lowest BCUT2D eigenvalue weighted by Gasteiger charge is -2.13. The number of nitriles is 1. The summed E-state index contributed by atoms with van der Waals surface area (Å²) in [5, 5.41) is 26.4. The third-order valence-corrected chi connectivity index (χ3v) is 4.88. The van der Waals surface area contributed by atoms with E-state index in [1.807, 2.05) is 25.1 Å². The Bertz CT molecular complexity index is 1070. The van der Waals surface area contributed by atoms with Crippen LogP contribution in [0.15, 0.2) is 54.7 Å². The third-order valence-electron chi connectivity index (χ3n) is 4.57. The zero-order chi connectivity index (χ0) is 21.0. The maximum absolute atomic E-state index is 12.5. The monoisotopic (exact) mass is 408 g/mol. The van der Waals surface area contributed by atoms with Crippen molar-refractivity contribution in [3.8, 4) is 17.3 Å². The second-order valence-corrected chi connectivity index (χ2v) is 7.33. The highest BCUT2D eigenvalue weighted by Gasteiger charge is 2.15. The fourth-order valence-electron chi connectivity index (χ4n) is 2.89. The minimum absolute atomic E-state index is 0.133. The lowest BCUT2D eigenvalue weighted by Crippen LogP contribution is -2.24. The molecule has 2 atom stereocenters. The van der Waals surface area contributed by atoms with E-state index in [4.69, 9.17) is 16.9 Å². The van der Waals surface area contributed by atoms with E-state index in [2.05, 4.69) is 10.4 Å². The molecule has 3 aromatic rings. The molecule has 0 bridgehead atoms. The number of amides is 1. The number of anilines is 1. The molecule has 0 saturated heterocycles. The van der Waals surface area contributed by atoms with Gasteiger partial charge in [0.05, 0.1) is 34.8 Å². The smallest absolute Gasteiger partial charge is 0.229 e. The van der Waals surface area contributed by atoms with Gasteiger partial charge in [0.15, 0.2) is 0 Å². The van der Waals surface area contributed by atoms with Crippen molar-refractivity contribution in [2.45, 2.75) is 26.5 Å². The summed E-state index contributed by atoms with van der Waals surface area (Å²) in [6, 6.07) is 16.2. The second kappa shape index (κ2) is 8.91. The van der Waals surface area contributed by atoms with Crippen LogP contribution in [-0.2, 0) is 11.3 Å². The molecule has 0 spiro atoms. The molecule has 0 aliphatic rings. The number of nitrogens with zero attached hydrogens (tertiary/aromatic N) is 3.